The van der Waals surface area contributed by atoms with Gasteiger partial charge in [-0.1, -0.05) is 30.3 Å². The molecule has 0 aliphatic heterocycles. The molecule has 2 atom stereocenters. The molecule has 0 heterocycles. The number of carbonyl (C=O) groups is 1. The first-order valence-electron chi connectivity index (χ1n) is 9.40. The highest BCUT2D eigenvalue weighted by atomic mass is 32.2. The van der Waals surface area contributed by atoms with Crippen LogP contribution in [-0.4, -0.2) is 61.9 Å². The topological polar surface area (TPSA) is 98.9 Å². The molecular weight excluding hydrogens is 380 g/mol. The van der Waals surface area contributed by atoms with Crippen molar-refractivity contribution >= 4 is 16.0 Å². The third-order valence-electron chi connectivity index (χ3n) is 4.00. The summed E-state index contributed by atoms with van der Waals surface area (Å²) < 4.78 is 36.9. The van der Waals surface area contributed by atoms with Crippen LogP contribution in [0.25, 0.3) is 0 Å². The van der Waals surface area contributed by atoms with E-state index in [4.69, 9.17) is 15.2 Å². The highest BCUT2D eigenvalue weighted by molar-refractivity contribution is 7.88. The van der Waals surface area contributed by atoms with E-state index in [1.54, 1.807) is 0 Å². The Labute approximate surface area is 169 Å². The summed E-state index contributed by atoms with van der Waals surface area (Å²) in [6, 6.07) is 8.65. The van der Waals surface area contributed by atoms with Gasteiger partial charge in [0.1, 0.15) is 18.8 Å². The molecule has 0 unspecified atom stereocenters. The Hall–Kier alpha value is -1.48. The minimum Gasteiger partial charge on any atom is -0.462 e. The number of hydrogen-bond donors (Lipinski definition) is 1. The van der Waals surface area contributed by atoms with Crippen LogP contribution in [0.4, 0.5) is 0 Å². The van der Waals surface area contributed by atoms with E-state index in [1.165, 1.54) is 4.31 Å². The minimum atomic E-state index is -3.46. The molecule has 0 radical (unpaired) electrons. The van der Waals surface area contributed by atoms with Crippen molar-refractivity contribution in [2.75, 3.05) is 19.4 Å². The fourth-order valence-electron chi connectivity index (χ4n) is 2.85. The van der Waals surface area contributed by atoms with Crippen LogP contribution in [0.1, 0.15) is 40.2 Å². The number of hydrogen-bond acceptors (Lipinski definition) is 6. The molecule has 0 spiro atoms. The van der Waals surface area contributed by atoms with Crippen molar-refractivity contribution in [2.45, 2.75) is 64.8 Å². The van der Waals surface area contributed by atoms with Gasteiger partial charge in [0.25, 0.3) is 0 Å². The lowest BCUT2D eigenvalue weighted by Gasteiger charge is -2.36. The van der Waals surface area contributed by atoms with E-state index in [9.17, 15) is 13.2 Å². The Morgan fingerprint density at radius 3 is 2.21 bits per heavy atom. The second kappa shape index (κ2) is 10.3. The summed E-state index contributed by atoms with van der Waals surface area (Å²) in [7, 11) is -3.46. The summed E-state index contributed by atoms with van der Waals surface area (Å²) in [6.45, 7) is 9.13. The lowest BCUT2D eigenvalue weighted by atomic mass is 10.1. The quantitative estimate of drug-likeness (QED) is 0.588. The highest BCUT2D eigenvalue weighted by Crippen LogP contribution is 2.19. The smallest absolute Gasteiger partial charge is 0.323 e. The Balaban J connectivity index is 2.76. The summed E-state index contributed by atoms with van der Waals surface area (Å²) in [5.74, 6) is -0.539. The Bertz CT molecular complexity index is 714. The van der Waals surface area contributed by atoms with E-state index < -0.39 is 33.7 Å². The molecule has 0 fully saturated rings. The number of ether oxygens (including phenoxy) is 2. The van der Waals surface area contributed by atoms with Crippen LogP contribution in [-0.2, 0) is 30.7 Å². The molecule has 0 aliphatic rings. The molecule has 0 saturated heterocycles. The van der Waals surface area contributed by atoms with Crippen LogP contribution >= 0.6 is 0 Å². The van der Waals surface area contributed by atoms with Crippen molar-refractivity contribution < 1.29 is 22.7 Å². The normalized spacial score (nSPS) is 14.9. The van der Waals surface area contributed by atoms with E-state index >= 15 is 0 Å². The molecule has 1 rings (SSSR count). The number of esters is 1. The minimum absolute atomic E-state index is 0.0679. The molecule has 28 heavy (non-hydrogen) atoms. The molecule has 160 valence electrons. The van der Waals surface area contributed by atoms with Crippen LogP contribution in [0, 0.1) is 0 Å². The van der Waals surface area contributed by atoms with E-state index in [-0.39, 0.29) is 19.3 Å². The van der Waals surface area contributed by atoms with E-state index in [0.717, 1.165) is 11.8 Å². The fourth-order valence-corrected chi connectivity index (χ4v) is 4.28. The Morgan fingerprint density at radius 2 is 1.75 bits per heavy atom. The van der Waals surface area contributed by atoms with Crippen molar-refractivity contribution in [1.29, 1.82) is 0 Å². The monoisotopic (exact) mass is 414 g/mol. The molecule has 0 amide bonds. The Morgan fingerprint density at radius 1 is 1.18 bits per heavy atom. The van der Waals surface area contributed by atoms with Gasteiger partial charge in [-0.05, 0) is 46.6 Å². The first-order valence-corrected chi connectivity index (χ1v) is 11.2. The molecule has 0 aliphatic carbocycles. The number of nitrogens with two attached hydrogens (primary N) is 1. The summed E-state index contributed by atoms with van der Waals surface area (Å²) in [5, 5.41) is 0. The van der Waals surface area contributed by atoms with Gasteiger partial charge in [0.05, 0.1) is 12.4 Å². The van der Waals surface area contributed by atoms with Gasteiger partial charge < -0.3 is 15.2 Å². The number of carbonyl (C=O) groups excluding carboxylic acids is 1. The van der Waals surface area contributed by atoms with Gasteiger partial charge in [0.2, 0.25) is 10.0 Å². The van der Waals surface area contributed by atoms with Gasteiger partial charge >= 0.3 is 5.97 Å². The van der Waals surface area contributed by atoms with Crippen LogP contribution in [0.3, 0.4) is 0 Å². The number of benzene rings is 1. The average molecular weight is 415 g/mol. The average Bonchev–Trinajstić information content (AvgIpc) is 2.55. The van der Waals surface area contributed by atoms with Gasteiger partial charge in [-0.25, -0.2) is 8.42 Å². The third kappa shape index (κ3) is 8.68. The molecule has 8 heteroatoms. The van der Waals surface area contributed by atoms with Crippen LogP contribution in [0.2, 0.25) is 0 Å². The van der Waals surface area contributed by atoms with Gasteiger partial charge in [-0.15, -0.1) is 0 Å². The maximum absolute atomic E-state index is 12.3. The maximum atomic E-state index is 12.3. The second-order valence-corrected chi connectivity index (χ2v) is 10.1. The van der Waals surface area contributed by atoms with Crippen LogP contribution in [0.15, 0.2) is 30.3 Å². The van der Waals surface area contributed by atoms with Crippen molar-refractivity contribution in [1.82, 2.24) is 4.31 Å². The molecule has 0 saturated carbocycles. The SMILES string of the molecule is CC(C)O[C@H](COC(=O)[C@@H](N)Cc1ccccc1)CN(C(C)(C)C)S(C)(=O)=O. The predicted molar refractivity (Wildman–Crippen MR) is 110 cm³/mol. The summed E-state index contributed by atoms with van der Waals surface area (Å²) in [4.78, 5) is 12.3. The van der Waals surface area contributed by atoms with E-state index in [2.05, 4.69) is 0 Å². The third-order valence-corrected chi connectivity index (χ3v) is 5.49. The van der Waals surface area contributed by atoms with Gasteiger partial charge in [-0.2, -0.15) is 4.31 Å². The Kier molecular flexibility index (Phi) is 9.07. The molecule has 1 aromatic carbocycles. The largest absolute Gasteiger partial charge is 0.462 e. The number of sulfonamides is 1. The molecular formula is C20H34N2O5S. The van der Waals surface area contributed by atoms with Gasteiger partial charge in [0, 0.05) is 12.1 Å². The molecule has 0 aromatic heterocycles. The predicted octanol–water partition coefficient (Wildman–Crippen LogP) is 1.95. The van der Waals surface area contributed by atoms with Crippen LogP contribution in [0.5, 0.6) is 0 Å². The first-order chi connectivity index (χ1) is 12.8. The van der Waals surface area contributed by atoms with Gasteiger partial charge in [0.15, 0.2) is 0 Å². The number of rotatable bonds is 10. The second-order valence-electron chi connectivity index (χ2n) is 8.20. The molecule has 1 aromatic rings. The van der Waals surface area contributed by atoms with Crippen molar-refractivity contribution in [2.24, 2.45) is 5.73 Å². The zero-order chi connectivity index (χ0) is 21.5. The first kappa shape index (κ1) is 24.6. The van der Waals surface area contributed by atoms with Gasteiger partial charge in [-0.3, -0.25) is 4.79 Å². The van der Waals surface area contributed by atoms with Crippen molar-refractivity contribution in [3.05, 3.63) is 35.9 Å². The fraction of sp³-hybridized carbons (Fsp3) is 0.650. The molecule has 0 bridgehead atoms. The zero-order valence-corrected chi connectivity index (χ0v) is 18.5. The van der Waals surface area contributed by atoms with Crippen LogP contribution < -0.4 is 5.73 Å². The maximum Gasteiger partial charge on any atom is 0.323 e. The highest BCUT2D eigenvalue weighted by Gasteiger charge is 2.33. The molecule has 2 N–H and O–H groups in total. The lowest BCUT2D eigenvalue weighted by Crippen LogP contribution is -2.50. The number of nitrogens with zero attached hydrogens (tertiary/aromatic N) is 1. The summed E-state index contributed by atoms with van der Waals surface area (Å²) in [6.07, 6.45) is 0.782. The lowest BCUT2D eigenvalue weighted by molar-refractivity contribution is -0.151. The molecule has 7 nitrogen and oxygen atoms in total. The summed E-state index contributed by atoms with van der Waals surface area (Å²) in [5.41, 5.74) is 6.27. The standard InChI is InChI=1S/C20H34N2O5S/c1-15(2)27-17(13-22(20(3,4)5)28(6,24)25)14-26-19(23)18(21)12-16-10-8-7-9-11-16/h7-11,15,17-18H,12-14,21H2,1-6H3/t17-,18-/m0/s1. The van der Waals surface area contributed by atoms with Crippen molar-refractivity contribution in [3.8, 4) is 0 Å². The van der Waals surface area contributed by atoms with E-state index in [1.807, 2.05) is 65.0 Å². The van der Waals surface area contributed by atoms with Crippen molar-refractivity contribution in [3.63, 3.8) is 0 Å². The summed E-state index contributed by atoms with van der Waals surface area (Å²) >= 11 is 0. The zero-order valence-electron chi connectivity index (χ0n) is 17.7. The van der Waals surface area contributed by atoms with E-state index in [0.29, 0.717) is 6.42 Å².